The summed E-state index contributed by atoms with van der Waals surface area (Å²) in [5, 5.41) is 30.8. The molecule has 3 heterocycles. The number of carbonyl (C=O) groups excluding carboxylic acids is 8. The molecule has 9 rings (SSSR count). The second-order valence-electron chi connectivity index (χ2n) is 23.9. The van der Waals surface area contributed by atoms with Gasteiger partial charge in [0.2, 0.25) is 35.4 Å². The molecule has 9 N–H and O–H groups in total. The first-order chi connectivity index (χ1) is 38.5. The molecule has 2 aliphatic carbocycles. The van der Waals surface area contributed by atoms with Crippen LogP contribution in [0.3, 0.4) is 0 Å². The number of nitrogens with zero attached hydrogens (tertiary/aromatic N) is 3. The largest absolute Gasteiger partial charge is 0.346 e. The van der Waals surface area contributed by atoms with Crippen LogP contribution in [-0.4, -0.2) is 143 Å². The van der Waals surface area contributed by atoms with Crippen molar-refractivity contribution in [1.82, 2.24) is 62.5 Å². The van der Waals surface area contributed by atoms with Crippen LogP contribution in [-0.2, 0) is 28.8 Å². The fourth-order valence-electron chi connectivity index (χ4n) is 11.5. The van der Waals surface area contributed by atoms with Crippen LogP contribution in [0.2, 0.25) is 0 Å². The number of aromatic nitrogens is 2. The van der Waals surface area contributed by atoms with Crippen molar-refractivity contribution in [3.05, 3.63) is 137 Å². The zero-order valence-corrected chi connectivity index (χ0v) is 47.5. The van der Waals surface area contributed by atoms with Gasteiger partial charge in [-0.3, -0.25) is 43.5 Å². The van der Waals surface area contributed by atoms with E-state index in [4.69, 9.17) is 0 Å². The normalized spacial score (nSPS) is 19.9. The number of aromatic amines is 1. The lowest BCUT2D eigenvalue weighted by Crippen LogP contribution is -2.59. The Morgan fingerprint density at radius 3 is 1.21 bits per heavy atom. The first kappa shape index (κ1) is 57.5. The molecular formula is C61H74N12O8. The molecular weight excluding hydrogens is 1030 g/mol. The Balaban J connectivity index is 0.927. The van der Waals surface area contributed by atoms with Crippen molar-refractivity contribution in [1.29, 1.82) is 0 Å². The Kier molecular flexibility index (Phi) is 16.4. The highest BCUT2D eigenvalue weighted by Crippen LogP contribution is 2.45. The molecule has 4 aliphatic rings. The number of likely N-dealkylation sites (tertiary alicyclic amines) is 2. The Labute approximate surface area is 472 Å². The lowest BCUT2D eigenvalue weighted by molar-refractivity contribution is -0.144. The molecule has 5 aromatic rings. The highest BCUT2D eigenvalue weighted by atomic mass is 16.2. The lowest BCUT2D eigenvalue weighted by atomic mass is 9.85. The summed E-state index contributed by atoms with van der Waals surface area (Å²) in [6.45, 7) is 14.2. The van der Waals surface area contributed by atoms with Gasteiger partial charge in [-0.15, -0.1) is 0 Å². The summed E-state index contributed by atoms with van der Waals surface area (Å²) in [6.07, 6.45) is 0.0483. The number of amides is 8. The maximum atomic E-state index is 14.8. The van der Waals surface area contributed by atoms with Crippen molar-refractivity contribution >= 4 is 47.3 Å². The molecule has 2 saturated heterocycles. The summed E-state index contributed by atoms with van der Waals surface area (Å²) < 4.78 is 0. The van der Waals surface area contributed by atoms with Gasteiger partial charge in [0.25, 0.3) is 11.8 Å². The monoisotopic (exact) mass is 1100 g/mol. The molecule has 2 fully saturated rings. The molecule has 0 radical (unpaired) electrons. The molecule has 0 saturated carbocycles. The molecule has 4 aromatic carbocycles. The number of hydrogen-bond donors (Lipinski definition) is 9. The molecule has 0 spiro atoms. The lowest BCUT2D eigenvalue weighted by Gasteiger charge is -2.36. The highest BCUT2D eigenvalue weighted by molar-refractivity contribution is 6.00. The van der Waals surface area contributed by atoms with E-state index in [-0.39, 0.29) is 37.3 Å². The average molecular weight is 1100 g/mol. The minimum atomic E-state index is -1.06. The number of likely N-dealkylation sites (N-methyl/N-ethyl adjacent to an activating group) is 2. The minimum Gasteiger partial charge on any atom is -0.346 e. The van der Waals surface area contributed by atoms with Gasteiger partial charge in [-0.25, -0.2) is 0 Å². The van der Waals surface area contributed by atoms with Crippen LogP contribution in [0.4, 0.5) is 0 Å². The summed E-state index contributed by atoms with van der Waals surface area (Å²) >= 11 is 0. The summed E-state index contributed by atoms with van der Waals surface area (Å²) in [7, 11) is 3.28. The minimum absolute atomic E-state index is 0.0223. The summed E-state index contributed by atoms with van der Waals surface area (Å²) in [4.78, 5) is 117. The van der Waals surface area contributed by atoms with Gasteiger partial charge in [0, 0.05) is 31.2 Å². The van der Waals surface area contributed by atoms with Crippen LogP contribution in [0.15, 0.2) is 103 Å². The molecule has 2 aliphatic heterocycles. The first-order valence-corrected chi connectivity index (χ1v) is 27.7. The van der Waals surface area contributed by atoms with Crippen molar-refractivity contribution in [3.8, 4) is 22.3 Å². The van der Waals surface area contributed by atoms with Gasteiger partial charge in [0.05, 0.1) is 24.2 Å². The van der Waals surface area contributed by atoms with Crippen LogP contribution in [0, 0.1) is 10.8 Å². The predicted octanol–water partition coefficient (Wildman–Crippen LogP) is 3.86. The summed E-state index contributed by atoms with van der Waals surface area (Å²) in [5.74, 6) is -4.01. The molecule has 426 valence electrons. The van der Waals surface area contributed by atoms with Gasteiger partial charge in [0.15, 0.2) is 5.69 Å². The van der Waals surface area contributed by atoms with E-state index in [9.17, 15) is 38.4 Å². The van der Waals surface area contributed by atoms with E-state index in [1.54, 1.807) is 27.9 Å². The van der Waals surface area contributed by atoms with Crippen molar-refractivity contribution in [2.75, 3.05) is 27.2 Å². The molecule has 8 atom stereocenters. The third-order valence-corrected chi connectivity index (χ3v) is 16.2. The van der Waals surface area contributed by atoms with Crippen LogP contribution < -0.4 is 42.5 Å². The maximum absolute atomic E-state index is 14.8. The van der Waals surface area contributed by atoms with Crippen molar-refractivity contribution in [2.24, 2.45) is 10.8 Å². The third kappa shape index (κ3) is 11.7. The van der Waals surface area contributed by atoms with E-state index < -0.39 is 119 Å². The Hall–Kier alpha value is -8.23. The first-order valence-electron chi connectivity index (χ1n) is 27.7. The predicted molar refractivity (Wildman–Crippen MR) is 305 cm³/mol. The van der Waals surface area contributed by atoms with Crippen LogP contribution in [0.25, 0.3) is 22.3 Å². The Bertz CT molecular complexity index is 2970. The number of benzene rings is 4. The highest BCUT2D eigenvalue weighted by Gasteiger charge is 2.49. The van der Waals surface area contributed by atoms with Crippen LogP contribution in [0.1, 0.15) is 124 Å². The number of carbonyl (C=O) groups is 8. The van der Waals surface area contributed by atoms with Crippen LogP contribution in [0.5, 0.6) is 0 Å². The smallest absolute Gasteiger partial charge is 0.272 e. The number of hydrogen-bond acceptors (Lipinski definition) is 11. The topological polar surface area (TPSA) is 268 Å². The molecule has 20 nitrogen and oxygen atoms in total. The van der Waals surface area contributed by atoms with E-state index in [1.165, 1.54) is 15.9 Å². The third-order valence-electron chi connectivity index (χ3n) is 16.2. The zero-order chi connectivity index (χ0) is 58.2. The van der Waals surface area contributed by atoms with E-state index in [0.29, 0.717) is 0 Å². The van der Waals surface area contributed by atoms with Gasteiger partial charge in [-0.05, 0) is 96.1 Å². The maximum Gasteiger partial charge on any atom is 0.272 e. The number of rotatable bonds is 16. The van der Waals surface area contributed by atoms with Crippen LogP contribution >= 0.6 is 0 Å². The van der Waals surface area contributed by atoms with Gasteiger partial charge >= 0.3 is 0 Å². The zero-order valence-electron chi connectivity index (χ0n) is 47.5. The molecule has 81 heavy (non-hydrogen) atoms. The SMILES string of the molecule is CNC(C)C(=O)NC(C(=O)N1CC(NC(=O)c2cc(C(=O)NC3CC(C(=O)NC4c5ccccc5-c5ccccc54)N(C(=O)C(NC(=O)C(C)NC)C(C)(C)C)C3)[nH]n2)CC1C(=O)NC1c2ccccc2-c2ccccc21)C(C)(C)C. The molecule has 8 unspecified atom stereocenters. The second-order valence-corrected chi connectivity index (χ2v) is 23.9. The standard InChI is InChI=1S/C61H74N12O8/c1-32(62-9)52(74)68-50(60(3,4)5)58(80)72-30-34(27-46(72)56(78)66-48-40-23-15-11-19-36(40)37-20-12-16-24-41(37)48)64-54(76)44-29-45(71-70-44)55(77)65-35-28-47(73(31-35)59(81)51(61(6,7)8)69-53(75)33(2)63-10)57(79)67-49-42-25-17-13-21-38(42)39-22-14-18-26-43(39)49/h11-26,29,32-35,46-51,62-63H,27-28,30-31H2,1-10H3,(H,64,76)(H,65,77)(H,66,78)(H,67,79)(H,68,74)(H,69,75)(H,70,71). The Morgan fingerprint density at radius 2 is 0.864 bits per heavy atom. The molecule has 8 amide bonds. The molecule has 1 aromatic heterocycles. The van der Waals surface area contributed by atoms with Crippen molar-refractivity contribution in [2.45, 2.75) is 129 Å². The summed E-state index contributed by atoms with van der Waals surface area (Å²) in [5.41, 5.74) is 5.77. The quantitative estimate of drug-likeness (QED) is 0.0685. The van der Waals surface area contributed by atoms with Gasteiger partial charge in [-0.1, -0.05) is 139 Å². The number of H-pyrrole nitrogens is 1. The van der Waals surface area contributed by atoms with E-state index in [2.05, 4.69) is 52.7 Å². The fraction of sp³-hybridized carbons (Fsp3) is 0.426. The van der Waals surface area contributed by atoms with Gasteiger partial charge < -0.3 is 52.3 Å². The molecule has 0 bridgehead atoms. The van der Waals surface area contributed by atoms with E-state index in [0.717, 1.165) is 44.5 Å². The number of fused-ring (bicyclic) bond motifs is 6. The van der Waals surface area contributed by atoms with E-state index in [1.807, 2.05) is 139 Å². The average Bonchev–Trinajstić information content (AvgIpc) is 4.52. The van der Waals surface area contributed by atoms with Gasteiger partial charge in [0.1, 0.15) is 29.9 Å². The second kappa shape index (κ2) is 23.1. The Morgan fingerprint density at radius 1 is 0.519 bits per heavy atom. The van der Waals surface area contributed by atoms with Crippen molar-refractivity contribution in [3.63, 3.8) is 0 Å². The van der Waals surface area contributed by atoms with Gasteiger partial charge in [-0.2, -0.15) is 5.10 Å². The van der Waals surface area contributed by atoms with Crippen molar-refractivity contribution < 1.29 is 38.4 Å². The molecule has 20 heteroatoms. The van der Waals surface area contributed by atoms with E-state index >= 15 is 0 Å². The number of nitrogens with one attached hydrogen (secondary N) is 9. The fourth-order valence-corrected chi connectivity index (χ4v) is 11.5. The summed E-state index contributed by atoms with van der Waals surface area (Å²) in [6, 6.07) is 24.5.